The minimum absolute atomic E-state index is 0.237. The number of anilines is 1. The summed E-state index contributed by atoms with van der Waals surface area (Å²) < 4.78 is 0. The smallest absolute Gasteiger partial charge is 0.261 e. The van der Waals surface area contributed by atoms with E-state index in [1.54, 1.807) is 12.1 Å². The third kappa shape index (κ3) is 6.82. The van der Waals surface area contributed by atoms with Gasteiger partial charge in [-0.2, -0.15) is 0 Å². The molecule has 3 rings (SSSR count). The lowest BCUT2D eigenvalue weighted by atomic mass is 9.97. The maximum atomic E-state index is 13.8. The van der Waals surface area contributed by atoms with Gasteiger partial charge in [0.1, 0.15) is 6.04 Å². The quantitative estimate of drug-likeness (QED) is 0.386. The molecular weight excluding hydrogens is 470 g/mol. The third-order valence-electron chi connectivity index (χ3n) is 6.28. The molecule has 0 radical (unpaired) electrons. The minimum atomic E-state index is -0.907. The Kier molecular flexibility index (Phi) is 9.04. The van der Waals surface area contributed by atoms with Gasteiger partial charge in [0, 0.05) is 11.2 Å². The molecular formula is C29H35N3O3S. The van der Waals surface area contributed by atoms with Crippen molar-refractivity contribution in [2.45, 2.75) is 59.0 Å². The number of benzene rings is 2. The average molecular weight is 506 g/mol. The Morgan fingerprint density at radius 3 is 2.19 bits per heavy atom. The highest BCUT2D eigenvalue weighted by Crippen LogP contribution is 2.30. The lowest BCUT2D eigenvalue weighted by Gasteiger charge is -2.35. The van der Waals surface area contributed by atoms with Crippen LogP contribution in [-0.2, 0) is 16.0 Å². The van der Waals surface area contributed by atoms with Gasteiger partial charge in [-0.3, -0.25) is 19.3 Å². The Labute approximate surface area is 217 Å². The number of rotatable bonds is 10. The highest BCUT2D eigenvalue weighted by atomic mass is 32.1. The molecule has 36 heavy (non-hydrogen) atoms. The summed E-state index contributed by atoms with van der Waals surface area (Å²) in [4.78, 5) is 42.1. The molecule has 1 heterocycles. The number of nitrogens with zero attached hydrogens (tertiary/aromatic N) is 1. The van der Waals surface area contributed by atoms with E-state index >= 15 is 0 Å². The van der Waals surface area contributed by atoms with Gasteiger partial charge in [-0.15, -0.1) is 11.3 Å². The second kappa shape index (κ2) is 12.0. The summed E-state index contributed by atoms with van der Waals surface area (Å²) in [5.41, 5.74) is 3.02. The lowest BCUT2D eigenvalue weighted by Crippen LogP contribution is -2.52. The number of nitrogens with one attached hydrogen (secondary N) is 2. The van der Waals surface area contributed by atoms with Crippen molar-refractivity contribution in [3.63, 3.8) is 0 Å². The van der Waals surface area contributed by atoms with Crippen LogP contribution in [0, 0.1) is 6.92 Å². The zero-order valence-electron chi connectivity index (χ0n) is 21.6. The van der Waals surface area contributed by atoms with E-state index in [4.69, 9.17) is 0 Å². The van der Waals surface area contributed by atoms with Crippen LogP contribution in [0.25, 0.3) is 0 Å². The molecule has 1 aromatic heterocycles. The van der Waals surface area contributed by atoms with Crippen molar-refractivity contribution in [2.24, 2.45) is 0 Å². The molecule has 2 aromatic carbocycles. The topological polar surface area (TPSA) is 78.5 Å². The fourth-order valence-corrected chi connectivity index (χ4v) is 4.36. The number of hydrogen-bond donors (Lipinski definition) is 2. The maximum absolute atomic E-state index is 13.8. The van der Waals surface area contributed by atoms with Crippen LogP contribution >= 0.6 is 11.3 Å². The van der Waals surface area contributed by atoms with Crippen LogP contribution in [0.1, 0.15) is 66.5 Å². The highest BCUT2D eigenvalue weighted by molar-refractivity contribution is 7.12. The van der Waals surface area contributed by atoms with Gasteiger partial charge in [-0.1, -0.05) is 61.9 Å². The second-order valence-corrected chi connectivity index (χ2v) is 10.4. The number of aryl methyl sites for hydroxylation is 2. The first kappa shape index (κ1) is 27.1. The summed E-state index contributed by atoms with van der Waals surface area (Å²) in [5.74, 6) is -0.967. The van der Waals surface area contributed by atoms with E-state index in [1.807, 2.05) is 81.6 Å². The molecule has 3 aromatic rings. The van der Waals surface area contributed by atoms with Crippen LogP contribution in [0.4, 0.5) is 5.69 Å². The molecule has 0 bridgehead atoms. The van der Waals surface area contributed by atoms with Gasteiger partial charge >= 0.3 is 0 Å². The first-order valence-electron chi connectivity index (χ1n) is 12.3. The minimum Gasteiger partial charge on any atom is -0.349 e. The number of carbonyl (C=O) groups excluding carboxylic acids is 3. The molecule has 0 fully saturated rings. The van der Waals surface area contributed by atoms with Crippen LogP contribution < -0.4 is 15.5 Å². The monoisotopic (exact) mass is 505 g/mol. The van der Waals surface area contributed by atoms with Gasteiger partial charge in [0.05, 0.1) is 11.4 Å². The fourth-order valence-electron chi connectivity index (χ4n) is 3.72. The van der Waals surface area contributed by atoms with Gasteiger partial charge in [0.25, 0.3) is 5.91 Å². The van der Waals surface area contributed by atoms with Gasteiger partial charge in [-0.25, -0.2) is 0 Å². The molecule has 7 heteroatoms. The Hall–Kier alpha value is -3.45. The summed E-state index contributed by atoms with van der Waals surface area (Å²) in [6, 6.07) is 17.8. The summed E-state index contributed by atoms with van der Waals surface area (Å²) >= 11 is 1.31. The molecule has 0 aliphatic heterocycles. The average Bonchev–Trinajstić information content (AvgIpc) is 3.41. The van der Waals surface area contributed by atoms with Gasteiger partial charge in [-0.05, 0) is 68.3 Å². The van der Waals surface area contributed by atoms with E-state index in [0.29, 0.717) is 16.1 Å². The van der Waals surface area contributed by atoms with Gasteiger partial charge in [0.2, 0.25) is 11.8 Å². The van der Waals surface area contributed by atoms with Crippen molar-refractivity contribution in [1.82, 2.24) is 10.6 Å². The Morgan fingerprint density at radius 2 is 1.64 bits per heavy atom. The van der Waals surface area contributed by atoms with Gasteiger partial charge in [0.15, 0.2) is 0 Å². The first-order valence-corrected chi connectivity index (χ1v) is 13.1. The van der Waals surface area contributed by atoms with E-state index in [2.05, 4.69) is 17.6 Å². The number of hydrogen-bond acceptors (Lipinski definition) is 4. The van der Waals surface area contributed by atoms with E-state index in [1.165, 1.54) is 16.2 Å². The van der Waals surface area contributed by atoms with Crippen molar-refractivity contribution >= 4 is 34.7 Å². The standard InChI is InChI=1S/C29H35N3O3S/c1-6-21-12-16-23(17-13-21)32(25(33)19-30-27(34)24-9-8-18-36-24)26(22-14-10-20(3)11-15-22)28(35)31-29(4,5)7-2/h8-18,26H,6-7,19H2,1-5H3,(H,30,34)(H,31,35). The molecule has 0 aliphatic carbocycles. The molecule has 0 saturated heterocycles. The van der Waals surface area contributed by atoms with Crippen LogP contribution in [-0.4, -0.2) is 29.8 Å². The van der Waals surface area contributed by atoms with Crippen molar-refractivity contribution < 1.29 is 14.4 Å². The molecule has 0 saturated carbocycles. The molecule has 0 spiro atoms. The Balaban J connectivity index is 2.03. The molecule has 190 valence electrons. The molecule has 2 N–H and O–H groups in total. The first-order chi connectivity index (χ1) is 17.1. The summed E-state index contributed by atoms with van der Waals surface area (Å²) in [7, 11) is 0. The van der Waals surface area contributed by atoms with E-state index < -0.39 is 11.6 Å². The molecule has 6 nitrogen and oxygen atoms in total. The Morgan fingerprint density at radius 1 is 0.972 bits per heavy atom. The van der Waals surface area contributed by atoms with Crippen LogP contribution in [0.3, 0.4) is 0 Å². The van der Waals surface area contributed by atoms with Crippen molar-refractivity contribution in [2.75, 3.05) is 11.4 Å². The fraction of sp³-hybridized carbons (Fsp3) is 0.345. The number of amides is 3. The summed E-state index contributed by atoms with van der Waals surface area (Å²) in [6.45, 7) is 9.73. The van der Waals surface area contributed by atoms with Crippen molar-refractivity contribution in [3.05, 3.63) is 87.6 Å². The Bertz CT molecular complexity index is 1170. The summed E-state index contributed by atoms with van der Waals surface area (Å²) in [6.07, 6.45) is 1.59. The van der Waals surface area contributed by atoms with Crippen LogP contribution in [0.15, 0.2) is 66.0 Å². The largest absolute Gasteiger partial charge is 0.349 e. The van der Waals surface area contributed by atoms with E-state index in [0.717, 1.165) is 24.0 Å². The zero-order chi connectivity index (χ0) is 26.3. The van der Waals surface area contributed by atoms with Crippen LogP contribution in [0.5, 0.6) is 0 Å². The summed E-state index contributed by atoms with van der Waals surface area (Å²) in [5, 5.41) is 7.65. The number of carbonyl (C=O) groups is 3. The normalized spacial score (nSPS) is 12.0. The molecule has 1 unspecified atom stereocenters. The predicted octanol–water partition coefficient (Wildman–Crippen LogP) is 5.43. The van der Waals surface area contributed by atoms with Crippen molar-refractivity contribution in [1.29, 1.82) is 0 Å². The zero-order valence-corrected chi connectivity index (χ0v) is 22.4. The van der Waals surface area contributed by atoms with E-state index in [9.17, 15) is 14.4 Å². The SMILES string of the molecule is CCc1ccc(N(C(=O)CNC(=O)c2cccs2)C(C(=O)NC(C)(C)CC)c2ccc(C)cc2)cc1. The molecule has 0 aliphatic rings. The maximum Gasteiger partial charge on any atom is 0.261 e. The van der Waals surface area contributed by atoms with Crippen molar-refractivity contribution in [3.8, 4) is 0 Å². The number of thiophene rings is 1. The molecule has 1 atom stereocenters. The van der Waals surface area contributed by atoms with Crippen LogP contribution in [0.2, 0.25) is 0 Å². The lowest BCUT2D eigenvalue weighted by molar-refractivity contribution is -0.127. The predicted molar refractivity (Wildman–Crippen MR) is 146 cm³/mol. The highest BCUT2D eigenvalue weighted by Gasteiger charge is 2.35. The molecule has 3 amide bonds. The third-order valence-corrected chi connectivity index (χ3v) is 7.15. The van der Waals surface area contributed by atoms with Gasteiger partial charge < -0.3 is 10.6 Å². The van der Waals surface area contributed by atoms with E-state index in [-0.39, 0.29) is 24.3 Å². The second-order valence-electron chi connectivity index (χ2n) is 9.48.